The van der Waals surface area contributed by atoms with E-state index in [2.05, 4.69) is 0 Å². The molecule has 15 heavy (non-hydrogen) atoms. The van der Waals surface area contributed by atoms with Crippen LogP contribution in [0.2, 0.25) is 0 Å². The number of benzene rings is 1. The first-order valence-electron chi connectivity index (χ1n) is 4.15. The molecule has 1 aromatic rings. The molecule has 82 valence electrons. The van der Waals surface area contributed by atoms with Crippen molar-refractivity contribution in [2.75, 3.05) is 6.54 Å². The Labute approximate surface area is 84.5 Å². The molecule has 0 aliphatic carbocycles. The molecule has 0 aliphatic rings. The largest absolute Gasteiger partial charge is 0.478 e. The van der Waals surface area contributed by atoms with Crippen LogP contribution < -0.4 is 11.5 Å². The Hall–Kier alpha value is -1.53. The summed E-state index contributed by atoms with van der Waals surface area (Å²) in [4.78, 5) is 10.7. The lowest BCUT2D eigenvalue weighted by atomic mass is 10.0. The maximum absolute atomic E-state index is 12.9. The van der Waals surface area contributed by atoms with Gasteiger partial charge in [0.1, 0.15) is 0 Å². The molecule has 0 spiro atoms. The number of aromatic carboxylic acids is 1. The number of hydrogen-bond donors (Lipinski definition) is 3. The van der Waals surface area contributed by atoms with Gasteiger partial charge in [-0.15, -0.1) is 0 Å². The molecule has 1 atom stereocenters. The standard InChI is InChI=1S/C9H10F2N2O2/c10-6-1-4(8(13)3-12)5(9(14)15)2-7(6)11/h1-2,8H,3,12-13H2,(H,14,15)/t8-/m1/s1. The van der Waals surface area contributed by atoms with E-state index in [9.17, 15) is 13.6 Å². The third-order valence-corrected chi connectivity index (χ3v) is 1.98. The average molecular weight is 216 g/mol. The van der Waals surface area contributed by atoms with Gasteiger partial charge < -0.3 is 16.6 Å². The fourth-order valence-electron chi connectivity index (χ4n) is 1.18. The summed E-state index contributed by atoms with van der Waals surface area (Å²) in [6.07, 6.45) is 0. The Kier molecular flexibility index (Phi) is 3.33. The van der Waals surface area contributed by atoms with Crippen LogP contribution in [0.4, 0.5) is 8.78 Å². The number of carboxylic acids is 1. The van der Waals surface area contributed by atoms with Crippen molar-refractivity contribution < 1.29 is 18.7 Å². The molecule has 0 heterocycles. The minimum absolute atomic E-state index is 0.0103. The van der Waals surface area contributed by atoms with Gasteiger partial charge in [0.15, 0.2) is 11.6 Å². The molecule has 0 saturated heterocycles. The van der Waals surface area contributed by atoms with Gasteiger partial charge in [0.2, 0.25) is 0 Å². The van der Waals surface area contributed by atoms with E-state index in [4.69, 9.17) is 16.6 Å². The van der Waals surface area contributed by atoms with Crippen molar-refractivity contribution >= 4 is 5.97 Å². The van der Waals surface area contributed by atoms with E-state index in [1.165, 1.54) is 0 Å². The molecule has 0 aromatic heterocycles. The lowest BCUT2D eigenvalue weighted by molar-refractivity contribution is 0.0694. The quantitative estimate of drug-likeness (QED) is 0.691. The van der Waals surface area contributed by atoms with Crippen molar-refractivity contribution in [2.45, 2.75) is 6.04 Å². The zero-order valence-corrected chi connectivity index (χ0v) is 7.71. The van der Waals surface area contributed by atoms with E-state index in [1.54, 1.807) is 0 Å². The second-order valence-corrected chi connectivity index (χ2v) is 3.00. The summed E-state index contributed by atoms with van der Waals surface area (Å²) >= 11 is 0. The summed E-state index contributed by atoms with van der Waals surface area (Å²) in [6, 6.07) is 0.532. The zero-order chi connectivity index (χ0) is 11.6. The summed E-state index contributed by atoms with van der Waals surface area (Å²) in [7, 11) is 0. The number of hydrogen-bond acceptors (Lipinski definition) is 3. The van der Waals surface area contributed by atoms with E-state index < -0.39 is 23.6 Å². The Morgan fingerprint density at radius 2 is 1.93 bits per heavy atom. The van der Waals surface area contributed by atoms with Crippen LogP contribution in [0.1, 0.15) is 22.0 Å². The molecule has 0 amide bonds. The van der Waals surface area contributed by atoms with Crippen LogP contribution in [0.3, 0.4) is 0 Å². The van der Waals surface area contributed by atoms with Crippen molar-refractivity contribution in [3.8, 4) is 0 Å². The van der Waals surface area contributed by atoms with Gasteiger partial charge in [-0.1, -0.05) is 0 Å². The molecule has 0 aliphatic heterocycles. The predicted molar refractivity (Wildman–Crippen MR) is 49.3 cm³/mol. The summed E-state index contributed by atoms with van der Waals surface area (Å²) < 4.78 is 25.6. The summed E-state index contributed by atoms with van der Waals surface area (Å²) in [5.74, 6) is -3.73. The highest BCUT2D eigenvalue weighted by Crippen LogP contribution is 2.19. The molecule has 1 aromatic carbocycles. The summed E-state index contributed by atoms with van der Waals surface area (Å²) in [5.41, 5.74) is 10.3. The Balaban J connectivity index is 3.34. The molecular formula is C9H10F2N2O2. The monoisotopic (exact) mass is 216 g/mol. The second-order valence-electron chi connectivity index (χ2n) is 3.00. The normalized spacial score (nSPS) is 12.5. The average Bonchev–Trinajstić information content (AvgIpc) is 2.20. The number of carboxylic acid groups (broad SMARTS) is 1. The van der Waals surface area contributed by atoms with Crippen molar-refractivity contribution in [3.63, 3.8) is 0 Å². The number of nitrogens with two attached hydrogens (primary N) is 2. The molecular weight excluding hydrogens is 206 g/mol. The minimum Gasteiger partial charge on any atom is -0.478 e. The first-order valence-corrected chi connectivity index (χ1v) is 4.15. The van der Waals surface area contributed by atoms with Crippen molar-refractivity contribution in [1.29, 1.82) is 0 Å². The van der Waals surface area contributed by atoms with Crippen LogP contribution in [-0.4, -0.2) is 17.6 Å². The summed E-state index contributed by atoms with van der Waals surface area (Å²) in [6.45, 7) is -0.0502. The minimum atomic E-state index is -1.37. The van der Waals surface area contributed by atoms with Gasteiger partial charge in [-0.2, -0.15) is 0 Å². The number of rotatable bonds is 3. The van der Waals surface area contributed by atoms with E-state index in [-0.39, 0.29) is 17.7 Å². The van der Waals surface area contributed by atoms with E-state index in [0.29, 0.717) is 6.07 Å². The fourth-order valence-corrected chi connectivity index (χ4v) is 1.18. The van der Waals surface area contributed by atoms with Crippen LogP contribution in [0, 0.1) is 11.6 Å². The molecule has 0 bridgehead atoms. The molecule has 4 nitrogen and oxygen atoms in total. The highest BCUT2D eigenvalue weighted by Gasteiger charge is 2.18. The van der Waals surface area contributed by atoms with Crippen LogP contribution in [0.5, 0.6) is 0 Å². The van der Waals surface area contributed by atoms with E-state index >= 15 is 0 Å². The van der Waals surface area contributed by atoms with Crippen LogP contribution in [0.15, 0.2) is 12.1 Å². The summed E-state index contributed by atoms with van der Waals surface area (Å²) in [5, 5.41) is 8.74. The van der Waals surface area contributed by atoms with Gasteiger partial charge in [-0.3, -0.25) is 0 Å². The second kappa shape index (κ2) is 4.33. The first-order chi connectivity index (χ1) is 6.97. The molecule has 0 fully saturated rings. The third kappa shape index (κ3) is 2.28. The van der Waals surface area contributed by atoms with Crippen LogP contribution in [-0.2, 0) is 0 Å². The Morgan fingerprint density at radius 3 is 2.40 bits per heavy atom. The van der Waals surface area contributed by atoms with Gasteiger partial charge in [-0.25, -0.2) is 13.6 Å². The number of halogens is 2. The smallest absolute Gasteiger partial charge is 0.336 e. The zero-order valence-electron chi connectivity index (χ0n) is 7.71. The Morgan fingerprint density at radius 1 is 1.40 bits per heavy atom. The number of carbonyl (C=O) groups is 1. The van der Waals surface area contributed by atoms with E-state index in [0.717, 1.165) is 6.07 Å². The molecule has 6 heteroatoms. The fraction of sp³-hybridized carbons (Fsp3) is 0.222. The molecule has 5 N–H and O–H groups in total. The van der Waals surface area contributed by atoms with Gasteiger partial charge >= 0.3 is 5.97 Å². The highest BCUT2D eigenvalue weighted by atomic mass is 19.2. The van der Waals surface area contributed by atoms with E-state index in [1.807, 2.05) is 0 Å². The van der Waals surface area contributed by atoms with Gasteiger partial charge in [0.05, 0.1) is 5.56 Å². The van der Waals surface area contributed by atoms with Crippen molar-refractivity contribution in [1.82, 2.24) is 0 Å². The topological polar surface area (TPSA) is 89.3 Å². The molecule has 0 unspecified atom stereocenters. The highest BCUT2D eigenvalue weighted by molar-refractivity contribution is 5.89. The predicted octanol–water partition coefficient (Wildman–Crippen LogP) is 0.622. The van der Waals surface area contributed by atoms with Crippen molar-refractivity contribution in [2.24, 2.45) is 11.5 Å². The van der Waals surface area contributed by atoms with Gasteiger partial charge in [0.25, 0.3) is 0 Å². The van der Waals surface area contributed by atoms with Gasteiger partial charge in [-0.05, 0) is 17.7 Å². The Bertz CT molecular complexity index is 396. The third-order valence-electron chi connectivity index (χ3n) is 1.98. The lowest BCUT2D eigenvalue weighted by Crippen LogP contribution is -2.23. The molecule has 1 rings (SSSR count). The molecule has 0 saturated carbocycles. The van der Waals surface area contributed by atoms with Crippen molar-refractivity contribution in [3.05, 3.63) is 34.9 Å². The first kappa shape index (κ1) is 11.5. The van der Waals surface area contributed by atoms with Crippen LogP contribution in [0.25, 0.3) is 0 Å². The van der Waals surface area contributed by atoms with Crippen LogP contribution >= 0.6 is 0 Å². The molecule has 0 radical (unpaired) electrons. The SMILES string of the molecule is NC[C@@H](N)c1cc(F)c(F)cc1C(=O)O. The maximum Gasteiger partial charge on any atom is 0.336 e. The lowest BCUT2D eigenvalue weighted by Gasteiger charge is -2.12. The van der Waals surface area contributed by atoms with Gasteiger partial charge in [0, 0.05) is 12.6 Å². The maximum atomic E-state index is 12.9.